The number of para-hydroxylation sites is 1. The summed E-state index contributed by atoms with van der Waals surface area (Å²) < 4.78 is 9.35. The summed E-state index contributed by atoms with van der Waals surface area (Å²) in [7, 11) is 3.58. The predicted molar refractivity (Wildman–Crippen MR) is 130 cm³/mol. The molecule has 0 radical (unpaired) electrons. The zero-order valence-electron chi connectivity index (χ0n) is 18.8. The van der Waals surface area contributed by atoms with E-state index in [0.717, 1.165) is 44.5 Å². The number of rotatable bonds is 5. The van der Waals surface area contributed by atoms with Crippen molar-refractivity contribution < 1.29 is 4.74 Å². The lowest BCUT2D eigenvalue weighted by Gasteiger charge is -2.10. The average Bonchev–Trinajstić information content (AvgIpc) is 3.19. The van der Waals surface area contributed by atoms with Crippen LogP contribution in [-0.4, -0.2) is 19.3 Å². The Labute approximate surface area is 191 Å². The summed E-state index contributed by atoms with van der Waals surface area (Å²) in [5.74, 6) is 0.495. The zero-order chi connectivity index (χ0) is 22.9. The van der Waals surface area contributed by atoms with Crippen LogP contribution in [0.4, 0.5) is 0 Å². The van der Waals surface area contributed by atoms with E-state index in [1.807, 2.05) is 49.6 Å². The van der Waals surface area contributed by atoms with E-state index in [1.54, 1.807) is 22.4 Å². The summed E-state index contributed by atoms with van der Waals surface area (Å²) in [5, 5.41) is 5.59. The Balaban J connectivity index is 1.38. The molecule has 3 aromatic heterocycles. The maximum absolute atomic E-state index is 12.0. The van der Waals surface area contributed by atoms with E-state index in [4.69, 9.17) is 9.72 Å². The molecule has 0 amide bonds. The van der Waals surface area contributed by atoms with E-state index < -0.39 is 0 Å². The minimum Gasteiger partial charge on any atom is -0.471 e. The molecule has 0 bridgehead atoms. The third-order valence-corrected chi connectivity index (χ3v) is 5.77. The van der Waals surface area contributed by atoms with Crippen LogP contribution in [0.5, 0.6) is 5.88 Å². The van der Waals surface area contributed by atoms with Gasteiger partial charge in [-0.3, -0.25) is 9.48 Å². The molecule has 2 aromatic carbocycles. The van der Waals surface area contributed by atoms with Gasteiger partial charge in [-0.05, 0) is 36.2 Å². The van der Waals surface area contributed by atoms with Gasteiger partial charge in [-0.25, -0.2) is 4.98 Å². The van der Waals surface area contributed by atoms with Crippen molar-refractivity contribution in [3.63, 3.8) is 0 Å². The second-order valence-corrected chi connectivity index (χ2v) is 8.16. The minimum absolute atomic E-state index is 0.0736. The molecule has 6 nitrogen and oxygen atoms in total. The van der Waals surface area contributed by atoms with Crippen LogP contribution in [0.25, 0.3) is 33.4 Å². The van der Waals surface area contributed by atoms with Gasteiger partial charge < -0.3 is 9.30 Å². The van der Waals surface area contributed by atoms with Crippen LogP contribution >= 0.6 is 0 Å². The molecule has 0 saturated carbocycles. The lowest BCUT2D eigenvalue weighted by molar-refractivity contribution is 0.292. The topological polar surface area (TPSA) is 61.9 Å². The third-order valence-electron chi connectivity index (χ3n) is 5.77. The van der Waals surface area contributed by atoms with Crippen molar-refractivity contribution in [1.29, 1.82) is 0 Å². The van der Waals surface area contributed by atoms with E-state index in [-0.39, 0.29) is 5.56 Å². The van der Waals surface area contributed by atoms with Crippen molar-refractivity contribution in [1.82, 2.24) is 19.3 Å². The van der Waals surface area contributed by atoms with Gasteiger partial charge in [0.25, 0.3) is 5.56 Å². The van der Waals surface area contributed by atoms with Crippen molar-refractivity contribution in [3.8, 4) is 28.4 Å². The SMILES string of the molecule is Cc1cc2ccccc2nc1-c1ccc(COc2nn(C)cc2-c2cccc(=O)n2C)cc1. The zero-order valence-corrected chi connectivity index (χ0v) is 18.8. The normalized spacial score (nSPS) is 11.1. The number of hydrogen-bond donors (Lipinski definition) is 0. The van der Waals surface area contributed by atoms with Gasteiger partial charge in [0.2, 0.25) is 5.88 Å². The number of nitrogens with zero attached hydrogens (tertiary/aromatic N) is 4. The third kappa shape index (κ3) is 4.03. The van der Waals surface area contributed by atoms with Crippen LogP contribution in [0.15, 0.2) is 83.8 Å². The molecule has 0 fully saturated rings. The van der Waals surface area contributed by atoms with E-state index in [2.05, 4.69) is 36.3 Å². The highest BCUT2D eigenvalue weighted by Crippen LogP contribution is 2.29. The first-order valence-electron chi connectivity index (χ1n) is 10.8. The first-order chi connectivity index (χ1) is 16.0. The second kappa shape index (κ2) is 8.39. The molecule has 0 atom stereocenters. The quantitative estimate of drug-likeness (QED) is 0.394. The molecule has 0 aliphatic carbocycles. The minimum atomic E-state index is -0.0736. The summed E-state index contributed by atoms with van der Waals surface area (Å²) in [6.07, 6.45) is 1.86. The lowest BCUT2D eigenvalue weighted by Crippen LogP contribution is -2.16. The first-order valence-corrected chi connectivity index (χ1v) is 10.8. The molecule has 0 unspecified atom stereocenters. The van der Waals surface area contributed by atoms with E-state index >= 15 is 0 Å². The number of pyridine rings is 2. The van der Waals surface area contributed by atoms with Crippen molar-refractivity contribution in [2.45, 2.75) is 13.5 Å². The maximum Gasteiger partial charge on any atom is 0.250 e. The second-order valence-electron chi connectivity index (χ2n) is 8.16. The highest BCUT2D eigenvalue weighted by Gasteiger charge is 2.14. The Morgan fingerprint density at radius 1 is 0.939 bits per heavy atom. The van der Waals surface area contributed by atoms with Crippen molar-refractivity contribution in [2.75, 3.05) is 0 Å². The van der Waals surface area contributed by atoms with Crippen molar-refractivity contribution in [3.05, 3.63) is 100 Å². The van der Waals surface area contributed by atoms with Crippen molar-refractivity contribution >= 4 is 10.9 Å². The summed E-state index contributed by atoms with van der Waals surface area (Å²) in [4.78, 5) is 16.9. The number of aromatic nitrogens is 4. The Hall–Kier alpha value is -4.19. The van der Waals surface area contributed by atoms with Crippen LogP contribution in [-0.2, 0) is 20.7 Å². The largest absolute Gasteiger partial charge is 0.471 e. The van der Waals surface area contributed by atoms with Gasteiger partial charge in [0.05, 0.1) is 22.5 Å². The molecule has 164 valence electrons. The summed E-state index contributed by atoms with van der Waals surface area (Å²) in [5.41, 5.74) is 6.68. The van der Waals surface area contributed by atoms with Crippen LogP contribution in [0.1, 0.15) is 11.1 Å². The number of ether oxygens (including phenoxy) is 1. The maximum atomic E-state index is 12.0. The van der Waals surface area contributed by atoms with E-state index in [1.165, 1.54) is 6.07 Å². The highest BCUT2D eigenvalue weighted by atomic mass is 16.5. The highest BCUT2D eigenvalue weighted by molar-refractivity contribution is 5.83. The summed E-state index contributed by atoms with van der Waals surface area (Å²) in [6.45, 7) is 2.46. The lowest BCUT2D eigenvalue weighted by atomic mass is 10.0. The van der Waals surface area contributed by atoms with Gasteiger partial charge in [0, 0.05) is 37.3 Å². The molecule has 33 heavy (non-hydrogen) atoms. The average molecular weight is 437 g/mol. The van der Waals surface area contributed by atoms with Gasteiger partial charge in [0.15, 0.2) is 0 Å². The van der Waals surface area contributed by atoms with E-state index in [0.29, 0.717) is 12.5 Å². The smallest absolute Gasteiger partial charge is 0.250 e. The Morgan fingerprint density at radius 3 is 2.55 bits per heavy atom. The molecule has 5 aromatic rings. The molecule has 0 spiro atoms. The fourth-order valence-corrected chi connectivity index (χ4v) is 4.01. The Bertz CT molecular complexity index is 1510. The molecular formula is C27H24N4O2. The molecule has 3 heterocycles. The number of benzene rings is 2. The van der Waals surface area contributed by atoms with E-state index in [9.17, 15) is 4.79 Å². The molecular weight excluding hydrogens is 412 g/mol. The molecule has 6 heteroatoms. The Morgan fingerprint density at radius 2 is 1.73 bits per heavy atom. The number of hydrogen-bond acceptors (Lipinski definition) is 4. The van der Waals surface area contributed by atoms with Crippen LogP contribution in [0.3, 0.4) is 0 Å². The molecule has 0 N–H and O–H groups in total. The van der Waals surface area contributed by atoms with Crippen molar-refractivity contribution in [2.24, 2.45) is 14.1 Å². The number of fused-ring (bicyclic) bond motifs is 1. The fourth-order valence-electron chi connectivity index (χ4n) is 4.01. The first kappa shape index (κ1) is 20.7. The standard InChI is InChI=1S/C27H24N4O2/c1-18-15-21-7-4-5-8-23(21)28-26(18)20-13-11-19(12-14-20)17-33-27-22(16-30(2)29-27)24-9-6-10-25(32)31(24)3/h4-16H,17H2,1-3H3. The fraction of sp³-hybridized carbons (Fsp3) is 0.148. The van der Waals surface area contributed by atoms with Gasteiger partial charge in [0.1, 0.15) is 6.61 Å². The molecule has 0 aliphatic rings. The summed E-state index contributed by atoms with van der Waals surface area (Å²) in [6, 6.07) is 23.7. The van der Waals surface area contributed by atoms with Crippen LogP contribution < -0.4 is 10.3 Å². The van der Waals surface area contributed by atoms with Gasteiger partial charge >= 0.3 is 0 Å². The van der Waals surface area contributed by atoms with Gasteiger partial charge in [-0.1, -0.05) is 48.5 Å². The molecule has 0 aliphatic heterocycles. The summed E-state index contributed by atoms with van der Waals surface area (Å²) >= 11 is 0. The molecule has 5 rings (SSSR count). The van der Waals surface area contributed by atoms with Crippen LogP contribution in [0, 0.1) is 6.92 Å². The monoisotopic (exact) mass is 436 g/mol. The Kier molecular flexibility index (Phi) is 5.26. The number of aryl methyl sites for hydroxylation is 2. The van der Waals surface area contributed by atoms with Crippen LogP contribution in [0.2, 0.25) is 0 Å². The predicted octanol–water partition coefficient (Wildman–Crippen LogP) is 4.89. The van der Waals surface area contributed by atoms with Gasteiger partial charge in [-0.15, -0.1) is 5.10 Å². The van der Waals surface area contributed by atoms with Gasteiger partial charge in [-0.2, -0.15) is 0 Å². The molecule has 0 saturated heterocycles.